The molecule has 1 fully saturated rings. The monoisotopic (exact) mass is 177 g/mol. The molecule has 2 rings (SSSR count). The van der Waals surface area contributed by atoms with Crippen LogP contribution in [0.4, 0.5) is 0 Å². The van der Waals surface area contributed by atoms with E-state index < -0.39 is 0 Å². The fraction of sp³-hybridized carbons (Fsp3) is 0.500. The third kappa shape index (κ3) is 1.87. The first-order valence-corrected chi connectivity index (χ1v) is 4.72. The molecule has 0 unspecified atom stereocenters. The molecule has 0 saturated carbocycles. The molecule has 0 spiro atoms. The van der Waals surface area contributed by atoms with Crippen LogP contribution in [0.5, 0.6) is 0 Å². The summed E-state index contributed by atoms with van der Waals surface area (Å²) >= 11 is 0. The van der Waals surface area contributed by atoms with E-state index in [1.165, 1.54) is 11.1 Å². The maximum atomic E-state index is 4.09. The second-order valence-electron chi connectivity index (χ2n) is 3.44. The molecule has 0 aromatic carbocycles. The summed E-state index contributed by atoms with van der Waals surface area (Å²) in [6.45, 7) is 5.25. The minimum atomic E-state index is 0.455. The molecule has 1 aliphatic heterocycles. The molecular weight excluding hydrogens is 162 g/mol. The normalized spacial score (nSPS) is 23.0. The van der Waals surface area contributed by atoms with Gasteiger partial charge in [0.15, 0.2) is 0 Å². The number of nitrogens with zero attached hydrogens (tertiary/aromatic N) is 1. The molecule has 1 atom stereocenters. The van der Waals surface area contributed by atoms with Gasteiger partial charge in [0.2, 0.25) is 0 Å². The van der Waals surface area contributed by atoms with Crippen LogP contribution >= 0.6 is 0 Å². The van der Waals surface area contributed by atoms with E-state index in [1.807, 2.05) is 12.4 Å². The van der Waals surface area contributed by atoms with Gasteiger partial charge in [0.25, 0.3) is 0 Å². The smallest absolute Gasteiger partial charge is 0.0450 e. The highest BCUT2D eigenvalue weighted by atomic mass is 15.1. The zero-order valence-electron chi connectivity index (χ0n) is 7.88. The topological polar surface area (TPSA) is 37.0 Å². The van der Waals surface area contributed by atoms with E-state index in [-0.39, 0.29) is 0 Å². The molecule has 1 saturated heterocycles. The molecule has 2 heterocycles. The highest BCUT2D eigenvalue weighted by molar-refractivity contribution is 5.25. The summed E-state index contributed by atoms with van der Waals surface area (Å²) in [5, 5.41) is 6.86. The van der Waals surface area contributed by atoms with Gasteiger partial charge in [-0.25, -0.2) is 0 Å². The number of rotatable bonds is 1. The lowest BCUT2D eigenvalue weighted by Crippen LogP contribution is -2.42. The van der Waals surface area contributed by atoms with Crippen molar-refractivity contribution in [2.45, 2.75) is 13.0 Å². The first-order chi connectivity index (χ1) is 6.38. The SMILES string of the molecule is Cc1cnccc1[C@H]1CNCCN1. The van der Waals surface area contributed by atoms with Gasteiger partial charge < -0.3 is 10.6 Å². The third-order valence-corrected chi connectivity index (χ3v) is 2.48. The van der Waals surface area contributed by atoms with E-state index >= 15 is 0 Å². The van der Waals surface area contributed by atoms with E-state index in [4.69, 9.17) is 0 Å². The second-order valence-corrected chi connectivity index (χ2v) is 3.44. The van der Waals surface area contributed by atoms with Crippen LogP contribution in [0.25, 0.3) is 0 Å². The number of hydrogen-bond donors (Lipinski definition) is 2. The van der Waals surface area contributed by atoms with Crippen LogP contribution in [0, 0.1) is 6.92 Å². The molecule has 13 heavy (non-hydrogen) atoms. The minimum absolute atomic E-state index is 0.455. The van der Waals surface area contributed by atoms with Crippen molar-refractivity contribution in [1.29, 1.82) is 0 Å². The van der Waals surface area contributed by atoms with Crippen molar-refractivity contribution in [2.75, 3.05) is 19.6 Å². The highest BCUT2D eigenvalue weighted by Crippen LogP contribution is 2.16. The number of nitrogens with one attached hydrogen (secondary N) is 2. The fourth-order valence-electron chi connectivity index (χ4n) is 1.75. The average Bonchev–Trinajstić information content (AvgIpc) is 2.20. The van der Waals surface area contributed by atoms with Crippen molar-refractivity contribution >= 4 is 0 Å². The molecule has 70 valence electrons. The van der Waals surface area contributed by atoms with Crippen molar-refractivity contribution in [2.24, 2.45) is 0 Å². The van der Waals surface area contributed by atoms with Gasteiger partial charge in [-0.05, 0) is 24.1 Å². The van der Waals surface area contributed by atoms with Crippen LogP contribution < -0.4 is 10.6 Å². The zero-order valence-corrected chi connectivity index (χ0v) is 7.88. The number of aryl methyl sites for hydroxylation is 1. The summed E-state index contributed by atoms with van der Waals surface area (Å²) in [6.07, 6.45) is 3.78. The summed E-state index contributed by atoms with van der Waals surface area (Å²) < 4.78 is 0. The van der Waals surface area contributed by atoms with Gasteiger partial charge in [-0.3, -0.25) is 4.98 Å². The Hall–Kier alpha value is -0.930. The van der Waals surface area contributed by atoms with Crippen LogP contribution in [0.2, 0.25) is 0 Å². The van der Waals surface area contributed by atoms with E-state index in [0.717, 1.165) is 19.6 Å². The molecule has 0 aliphatic carbocycles. The van der Waals surface area contributed by atoms with Crippen molar-refractivity contribution < 1.29 is 0 Å². The molecule has 1 aromatic rings. The van der Waals surface area contributed by atoms with Gasteiger partial charge in [0.1, 0.15) is 0 Å². The van der Waals surface area contributed by atoms with Gasteiger partial charge in [0, 0.05) is 38.1 Å². The van der Waals surface area contributed by atoms with E-state index in [9.17, 15) is 0 Å². The number of hydrogen-bond acceptors (Lipinski definition) is 3. The molecule has 1 aromatic heterocycles. The standard InChI is InChI=1S/C10H15N3/c1-8-6-11-3-2-9(8)10-7-12-4-5-13-10/h2-3,6,10,12-13H,4-5,7H2,1H3/t10-/m1/s1. The van der Waals surface area contributed by atoms with Crippen LogP contribution in [0.15, 0.2) is 18.5 Å². The molecular formula is C10H15N3. The third-order valence-electron chi connectivity index (χ3n) is 2.48. The van der Waals surface area contributed by atoms with Crippen molar-refractivity contribution in [3.05, 3.63) is 29.6 Å². The van der Waals surface area contributed by atoms with E-state index in [2.05, 4.69) is 28.6 Å². The predicted molar refractivity (Wildman–Crippen MR) is 52.6 cm³/mol. The Bertz CT molecular complexity index is 279. The first-order valence-electron chi connectivity index (χ1n) is 4.72. The van der Waals surface area contributed by atoms with Gasteiger partial charge in [-0.2, -0.15) is 0 Å². The maximum Gasteiger partial charge on any atom is 0.0450 e. The Morgan fingerprint density at radius 2 is 2.38 bits per heavy atom. The Morgan fingerprint density at radius 1 is 1.46 bits per heavy atom. The molecule has 0 bridgehead atoms. The number of pyridine rings is 1. The van der Waals surface area contributed by atoms with Gasteiger partial charge >= 0.3 is 0 Å². The predicted octanol–water partition coefficient (Wildman–Crippen LogP) is 0.624. The maximum absolute atomic E-state index is 4.09. The van der Waals surface area contributed by atoms with Crippen molar-refractivity contribution in [3.8, 4) is 0 Å². The fourth-order valence-corrected chi connectivity index (χ4v) is 1.75. The average molecular weight is 177 g/mol. The molecule has 0 radical (unpaired) electrons. The Balaban J connectivity index is 2.18. The largest absolute Gasteiger partial charge is 0.314 e. The quantitative estimate of drug-likeness (QED) is 0.660. The Labute approximate surface area is 78.6 Å². The van der Waals surface area contributed by atoms with Gasteiger partial charge in [-0.1, -0.05) is 0 Å². The summed E-state index contributed by atoms with van der Waals surface area (Å²) in [4.78, 5) is 4.09. The second kappa shape index (κ2) is 3.85. The van der Waals surface area contributed by atoms with Crippen molar-refractivity contribution in [1.82, 2.24) is 15.6 Å². The Kier molecular flexibility index (Phi) is 2.57. The number of piperazine rings is 1. The van der Waals surface area contributed by atoms with Gasteiger partial charge in [0.05, 0.1) is 0 Å². The lowest BCUT2D eigenvalue weighted by molar-refractivity contribution is 0.429. The first kappa shape index (κ1) is 8.66. The van der Waals surface area contributed by atoms with Crippen LogP contribution in [-0.2, 0) is 0 Å². The summed E-state index contributed by atoms with van der Waals surface area (Å²) in [7, 11) is 0. The zero-order chi connectivity index (χ0) is 9.10. The van der Waals surface area contributed by atoms with Crippen LogP contribution in [-0.4, -0.2) is 24.6 Å². The molecule has 0 amide bonds. The molecule has 2 N–H and O–H groups in total. The Morgan fingerprint density at radius 3 is 3.08 bits per heavy atom. The van der Waals surface area contributed by atoms with E-state index in [0.29, 0.717) is 6.04 Å². The van der Waals surface area contributed by atoms with Crippen LogP contribution in [0.3, 0.4) is 0 Å². The molecule has 1 aliphatic rings. The lowest BCUT2D eigenvalue weighted by atomic mass is 10.0. The molecule has 3 nitrogen and oxygen atoms in total. The summed E-state index contributed by atoms with van der Waals surface area (Å²) in [6, 6.07) is 2.55. The summed E-state index contributed by atoms with van der Waals surface area (Å²) in [5.74, 6) is 0. The highest BCUT2D eigenvalue weighted by Gasteiger charge is 2.15. The summed E-state index contributed by atoms with van der Waals surface area (Å²) in [5.41, 5.74) is 2.63. The van der Waals surface area contributed by atoms with Gasteiger partial charge in [-0.15, -0.1) is 0 Å². The minimum Gasteiger partial charge on any atom is -0.314 e. The van der Waals surface area contributed by atoms with Crippen LogP contribution in [0.1, 0.15) is 17.2 Å². The van der Waals surface area contributed by atoms with Crippen molar-refractivity contribution in [3.63, 3.8) is 0 Å². The number of aromatic nitrogens is 1. The van der Waals surface area contributed by atoms with E-state index in [1.54, 1.807) is 0 Å². The lowest BCUT2D eigenvalue weighted by Gasteiger charge is -2.25. The molecule has 3 heteroatoms.